The van der Waals surface area contributed by atoms with Crippen LogP contribution in [0.1, 0.15) is 10.4 Å². The molecular formula is C19H14N4O. The fourth-order valence-corrected chi connectivity index (χ4v) is 2.71. The van der Waals surface area contributed by atoms with Crippen molar-refractivity contribution < 1.29 is 4.79 Å². The van der Waals surface area contributed by atoms with Gasteiger partial charge in [-0.2, -0.15) is 0 Å². The highest BCUT2D eigenvalue weighted by Crippen LogP contribution is 2.25. The standard InChI is InChI=1S/C19H14N4O/c20-19(24)15-3-1-14(2-4-15)17-11-22-18-6-5-16(12-23(17)18)13-7-9-21-10-8-13/h1-12H,(H2,20,24). The molecule has 3 heterocycles. The zero-order chi connectivity index (χ0) is 16.5. The molecule has 1 amide bonds. The second-order valence-corrected chi connectivity index (χ2v) is 5.47. The predicted octanol–water partition coefficient (Wildman–Crippen LogP) is 3.16. The summed E-state index contributed by atoms with van der Waals surface area (Å²) in [7, 11) is 0. The van der Waals surface area contributed by atoms with Gasteiger partial charge in [0.2, 0.25) is 5.91 Å². The molecule has 5 nitrogen and oxygen atoms in total. The maximum atomic E-state index is 11.2. The molecule has 0 bridgehead atoms. The number of aromatic nitrogens is 3. The lowest BCUT2D eigenvalue weighted by molar-refractivity contribution is 0.100. The Labute approximate surface area is 138 Å². The summed E-state index contributed by atoms with van der Waals surface area (Å²) in [6, 6.07) is 15.2. The lowest BCUT2D eigenvalue weighted by Gasteiger charge is -2.06. The summed E-state index contributed by atoms with van der Waals surface area (Å²) in [6.07, 6.45) is 7.42. The highest BCUT2D eigenvalue weighted by atomic mass is 16.1. The number of nitrogens with zero attached hydrogens (tertiary/aromatic N) is 3. The Bertz CT molecular complexity index is 1020. The van der Waals surface area contributed by atoms with Crippen molar-refractivity contribution in [3.63, 3.8) is 0 Å². The van der Waals surface area contributed by atoms with Crippen molar-refractivity contribution in [3.8, 4) is 22.4 Å². The number of benzene rings is 1. The Balaban J connectivity index is 1.83. The molecule has 0 unspecified atom stereocenters. The van der Waals surface area contributed by atoms with Crippen LogP contribution in [0.4, 0.5) is 0 Å². The molecule has 0 aliphatic rings. The van der Waals surface area contributed by atoms with Gasteiger partial charge in [-0.3, -0.25) is 14.2 Å². The summed E-state index contributed by atoms with van der Waals surface area (Å²) >= 11 is 0. The average molecular weight is 314 g/mol. The minimum Gasteiger partial charge on any atom is -0.366 e. The number of primary amides is 1. The highest BCUT2D eigenvalue weighted by Gasteiger charge is 2.08. The number of amides is 1. The van der Waals surface area contributed by atoms with E-state index in [2.05, 4.69) is 16.2 Å². The summed E-state index contributed by atoms with van der Waals surface area (Å²) in [5.74, 6) is -0.431. The molecule has 3 aromatic heterocycles. The van der Waals surface area contributed by atoms with Crippen molar-refractivity contribution in [2.24, 2.45) is 5.73 Å². The van der Waals surface area contributed by atoms with Crippen LogP contribution >= 0.6 is 0 Å². The van der Waals surface area contributed by atoms with Crippen LogP contribution in [0.5, 0.6) is 0 Å². The Kier molecular flexibility index (Phi) is 3.31. The molecule has 116 valence electrons. The smallest absolute Gasteiger partial charge is 0.248 e. The molecule has 1 aromatic carbocycles. The van der Waals surface area contributed by atoms with Gasteiger partial charge in [-0.25, -0.2) is 4.98 Å². The van der Waals surface area contributed by atoms with Crippen LogP contribution in [0.15, 0.2) is 73.3 Å². The van der Waals surface area contributed by atoms with Gasteiger partial charge in [0.25, 0.3) is 0 Å². The molecule has 4 rings (SSSR count). The van der Waals surface area contributed by atoms with Gasteiger partial charge in [0.05, 0.1) is 11.9 Å². The van der Waals surface area contributed by atoms with Crippen molar-refractivity contribution in [3.05, 3.63) is 78.9 Å². The Morgan fingerprint density at radius 3 is 2.29 bits per heavy atom. The minimum absolute atomic E-state index is 0.431. The predicted molar refractivity (Wildman–Crippen MR) is 92.4 cm³/mol. The molecule has 24 heavy (non-hydrogen) atoms. The van der Waals surface area contributed by atoms with Crippen LogP contribution in [0.25, 0.3) is 28.0 Å². The number of fused-ring (bicyclic) bond motifs is 1. The van der Waals surface area contributed by atoms with Gasteiger partial charge >= 0.3 is 0 Å². The van der Waals surface area contributed by atoms with Crippen LogP contribution < -0.4 is 5.73 Å². The zero-order valence-corrected chi connectivity index (χ0v) is 12.8. The monoisotopic (exact) mass is 314 g/mol. The van der Waals surface area contributed by atoms with Crippen molar-refractivity contribution in [1.29, 1.82) is 0 Å². The molecule has 0 spiro atoms. The summed E-state index contributed by atoms with van der Waals surface area (Å²) in [6.45, 7) is 0. The first kappa shape index (κ1) is 14.1. The summed E-state index contributed by atoms with van der Waals surface area (Å²) in [5, 5.41) is 0. The van der Waals surface area contributed by atoms with Gasteiger partial charge in [0.1, 0.15) is 5.65 Å². The van der Waals surface area contributed by atoms with E-state index in [1.54, 1.807) is 24.5 Å². The van der Waals surface area contributed by atoms with Gasteiger partial charge in [0, 0.05) is 29.7 Å². The third-order valence-corrected chi connectivity index (χ3v) is 3.98. The topological polar surface area (TPSA) is 73.3 Å². The van der Waals surface area contributed by atoms with Crippen LogP contribution in [-0.4, -0.2) is 20.3 Å². The molecule has 0 saturated carbocycles. The fraction of sp³-hybridized carbons (Fsp3) is 0. The maximum Gasteiger partial charge on any atom is 0.248 e. The lowest BCUT2D eigenvalue weighted by atomic mass is 10.1. The first-order valence-corrected chi connectivity index (χ1v) is 7.50. The lowest BCUT2D eigenvalue weighted by Crippen LogP contribution is -2.10. The molecule has 0 atom stereocenters. The van der Waals surface area contributed by atoms with E-state index in [0.29, 0.717) is 5.56 Å². The van der Waals surface area contributed by atoms with E-state index in [-0.39, 0.29) is 0 Å². The Hall–Kier alpha value is -3.47. The number of pyridine rings is 2. The number of carbonyl (C=O) groups excluding carboxylic acids is 1. The molecule has 2 N–H and O–H groups in total. The first-order valence-electron chi connectivity index (χ1n) is 7.50. The summed E-state index contributed by atoms with van der Waals surface area (Å²) in [4.78, 5) is 19.7. The van der Waals surface area contributed by atoms with Crippen molar-refractivity contribution in [2.45, 2.75) is 0 Å². The molecule has 5 heteroatoms. The average Bonchev–Trinajstić information content (AvgIpc) is 3.05. The largest absolute Gasteiger partial charge is 0.366 e. The fourth-order valence-electron chi connectivity index (χ4n) is 2.71. The molecule has 0 fully saturated rings. The van der Waals surface area contributed by atoms with Gasteiger partial charge in [-0.1, -0.05) is 12.1 Å². The number of nitrogens with two attached hydrogens (primary N) is 1. The highest BCUT2D eigenvalue weighted by molar-refractivity contribution is 5.93. The number of rotatable bonds is 3. The van der Waals surface area contributed by atoms with E-state index in [0.717, 1.165) is 28.0 Å². The van der Waals surface area contributed by atoms with Gasteiger partial charge in [-0.15, -0.1) is 0 Å². The minimum atomic E-state index is -0.431. The first-order chi connectivity index (χ1) is 11.7. The second-order valence-electron chi connectivity index (χ2n) is 5.47. The van der Waals surface area contributed by atoms with E-state index in [1.165, 1.54) is 0 Å². The number of carbonyl (C=O) groups is 1. The SMILES string of the molecule is NC(=O)c1ccc(-c2cnc3ccc(-c4ccncc4)cn23)cc1. The molecule has 0 radical (unpaired) electrons. The number of hydrogen-bond acceptors (Lipinski definition) is 3. The van der Waals surface area contributed by atoms with E-state index >= 15 is 0 Å². The van der Waals surface area contributed by atoms with Gasteiger partial charge in [0.15, 0.2) is 0 Å². The number of hydrogen-bond donors (Lipinski definition) is 1. The van der Waals surface area contributed by atoms with Crippen LogP contribution in [0.2, 0.25) is 0 Å². The van der Waals surface area contributed by atoms with E-state index in [9.17, 15) is 4.79 Å². The van der Waals surface area contributed by atoms with E-state index < -0.39 is 5.91 Å². The third kappa shape index (κ3) is 2.42. The van der Waals surface area contributed by atoms with Gasteiger partial charge in [-0.05, 0) is 47.5 Å². The van der Waals surface area contributed by atoms with Crippen LogP contribution in [0, 0.1) is 0 Å². The zero-order valence-electron chi connectivity index (χ0n) is 12.8. The summed E-state index contributed by atoms with van der Waals surface area (Å²) in [5.41, 5.74) is 10.8. The molecule has 0 aliphatic carbocycles. The van der Waals surface area contributed by atoms with Crippen molar-refractivity contribution >= 4 is 11.6 Å². The van der Waals surface area contributed by atoms with Crippen molar-refractivity contribution in [1.82, 2.24) is 14.4 Å². The van der Waals surface area contributed by atoms with Crippen LogP contribution in [-0.2, 0) is 0 Å². The van der Waals surface area contributed by atoms with E-state index in [1.807, 2.05) is 47.0 Å². The van der Waals surface area contributed by atoms with Crippen molar-refractivity contribution in [2.75, 3.05) is 0 Å². The second kappa shape index (κ2) is 5.62. The number of imidazole rings is 1. The molecular weight excluding hydrogens is 300 g/mol. The third-order valence-electron chi connectivity index (χ3n) is 3.98. The molecule has 0 saturated heterocycles. The maximum absolute atomic E-state index is 11.2. The molecule has 0 aliphatic heterocycles. The Morgan fingerprint density at radius 2 is 1.58 bits per heavy atom. The summed E-state index contributed by atoms with van der Waals surface area (Å²) < 4.78 is 2.04. The quantitative estimate of drug-likeness (QED) is 0.631. The molecule has 4 aromatic rings. The van der Waals surface area contributed by atoms with E-state index in [4.69, 9.17) is 5.73 Å². The van der Waals surface area contributed by atoms with Crippen LogP contribution in [0.3, 0.4) is 0 Å². The Morgan fingerprint density at radius 1 is 0.875 bits per heavy atom. The van der Waals surface area contributed by atoms with Gasteiger partial charge < -0.3 is 5.73 Å². The normalized spacial score (nSPS) is 10.8.